The lowest BCUT2D eigenvalue weighted by Gasteiger charge is -1.97. The number of aryl methyl sites for hydroxylation is 2. The van der Waals surface area contributed by atoms with Gasteiger partial charge < -0.3 is 4.98 Å². The fourth-order valence-corrected chi connectivity index (χ4v) is 1.48. The minimum absolute atomic E-state index is 0.340. The second-order valence-corrected chi connectivity index (χ2v) is 3.47. The van der Waals surface area contributed by atoms with Gasteiger partial charge in [-0.3, -0.25) is 0 Å². The van der Waals surface area contributed by atoms with Crippen molar-refractivity contribution in [2.45, 2.75) is 34.1 Å². The molecule has 0 aliphatic rings. The van der Waals surface area contributed by atoms with E-state index in [4.69, 9.17) is 5.26 Å². The summed E-state index contributed by atoms with van der Waals surface area (Å²) in [7, 11) is 0. The highest BCUT2D eigenvalue weighted by atomic mass is 14.9. The summed E-state index contributed by atoms with van der Waals surface area (Å²) in [4.78, 5) is 7.46. The number of aromatic amines is 1. The summed E-state index contributed by atoms with van der Waals surface area (Å²) in [6, 6.07) is 6.19. The largest absolute Gasteiger partial charge is 0.341 e. The molecule has 0 aliphatic carbocycles. The van der Waals surface area contributed by atoms with Gasteiger partial charge >= 0.3 is 0 Å². The van der Waals surface area contributed by atoms with Crippen LogP contribution in [-0.4, -0.2) is 9.97 Å². The van der Waals surface area contributed by atoms with E-state index in [2.05, 4.69) is 36.0 Å². The summed E-state index contributed by atoms with van der Waals surface area (Å²) in [6.45, 7) is 8.13. The Bertz CT molecular complexity index is 479. The van der Waals surface area contributed by atoms with Crippen molar-refractivity contribution in [3.63, 3.8) is 0 Å². The van der Waals surface area contributed by atoms with Crippen molar-refractivity contribution in [3.05, 3.63) is 29.1 Å². The maximum atomic E-state index is 8.54. The Hall–Kier alpha value is -1.82. The second kappa shape index (κ2) is 5.32. The van der Waals surface area contributed by atoms with E-state index >= 15 is 0 Å². The number of hydrogen-bond donors (Lipinski definition) is 1. The quantitative estimate of drug-likeness (QED) is 0.793. The molecule has 1 heterocycles. The van der Waals surface area contributed by atoms with Crippen LogP contribution in [0.2, 0.25) is 0 Å². The number of nitriles is 1. The Balaban J connectivity index is 0.000000606. The lowest BCUT2D eigenvalue weighted by Crippen LogP contribution is -1.82. The van der Waals surface area contributed by atoms with Crippen molar-refractivity contribution in [3.8, 4) is 6.07 Å². The zero-order chi connectivity index (χ0) is 12.1. The van der Waals surface area contributed by atoms with Gasteiger partial charge in [0.15, 0.2) is 0 Å². The third kappa shape index (κ3) is 2.40. The molecule has 0 radical (unpaired) electrons. The summed E-state index contributed by atoms with van der Waals surface area (Å²) >= 11 is 0. The van der Waals surface area contributed by atoms with Gasteiger partial charge in [0.05, 0.1) is 23.5 Å². The predicted molar refractivity (Wildman–Crippen MR) is 66.2 cm³/mol. The Morgan fingerprint density at radius 2 is 1.88 bits per heavy atom. The van der Waals surface area contributed by atoms with Gasteiger partial charge in [-0.2, -0.15) is 5.26 Å². The standard InChI is InChI=1S/C11H11N3.C2H6/c1-7-5-9-10(6-8(7)2)14-11(13-9)3-4-12;1-2/h5-6H,3H2,1-2H3,(H,13,14);1-2H3. The molecule has 3 nitrogen and oxygen atoms in total. The summed E-state index contributed by atoms with van der Waals surface area (Å²) in [5.41, 5.74) is 4.42. The number of nitrogens with one attached hydrogen (secondary N) is 1. The van der Waals surface area contributed by atoms with Crippen molar-refractivity contribution in [2.24, 2.45) is 0 Å². The van der Waals surface area contributed by atoms with E-state index in [0.717, 1.165) is 16.9 Å². The average molecular weight is 215 g/mol. The summed E-state index contributed by atoms with van der Waals surface area (Å²) in [5.74, 6) is 0.743. The highest BCUT2D eigenvalue weighted by Crippen LogP contribution is 2.17. The first-order valence-electron chi connectivity index (χ1n) is 5.53. The maximum absolute atomic E-state index is 8.54. The number of benzene rings is 1. The van der Waals surface area contributed by atoms with Crippen LogP contribution in [0.15, 0.2) is 12.1 Å². The molecule has 1 N–H and O–H groups in total. The molecule has 0 saturated carbocycles. The molecule has 0 amide bonds. The van der Waals surface area contributed by atoms with Gasteiger partial charge in [-0.25, -0.2) is 4.98 Å². The van der Waals surface area contributed by atoms with Crippen LogP contribution in [0.1, 0.15) is 30.8 Å². The smallest absolute Gasteiger partial charge is 0.121 e. The molecule has 0 unspecified atom stereocenters. The Morgan fingerprint density at radius 1 is 1.25 bits per heavy atom. The normalized spacial score (nSPS) is 9.44. The molecule has 0 atom stereocenters. The third-order valence-electron chi connectivity index (χ3n) is 2.39. The van der Waals surface area contributed by atoms with Crippen LogP contribution in [0.4, 0.5) is 0 Å². The van der Waals surface area contributed by atoms with Crippen LogP contribution in [-0.2, 0) is 6.42 Å². The van der Waals surface area contributed by atoms with Crippen LogP contribution in [0.25, 0.3) is 11.0 Å². The van der Waals surface area contributed by atoms with Crippen molar-refractivity contribution in [1.29, 1.82) is 5.26 Å². The van der Waals surface area contributed by atoms with Gasteiger partial charge in [0.25, 0.3) is 0 Å². The van der Waals surface area contributed by atoms with E-state index in [0.29, 0.717) is 6.42 Å². The van der Waals surface area contributed by atoms with Gasteiger partial charge in [-0.05, 0) is 37.1 Å². The van der Waals surface area contributed by atoms with Crippen molar-refractivity contribution < 1.29 is 0 Å². The van der Waals surface area contributed by atoms with E-state index in [1.807, 2.05) is 19.9 Å². The summed E-state index contributed by atoms with van der Waals surface area (Å²) < 4.78 is 0. The Morgan fingerprint density at radius 3 is 2.50 bits per heavy atom. The van der Waals surface area contributed by atoms with Gasteiger partial charge in [0.1, 0.15) is 5.82 Å². The molecule has 2 aromatic rings. The number of nitrogens with zero attached hydrogens (tertiary/aromatic N) is 2. The number of rotatable bonds is 1. The molecule has 2 rings (SSSR count). The molecule has 0 spiro atoms. The zero-order valence-corrected chi connectivity index (χ0v) is 10.3. The summed E-state index contributed by atoms with van der Waals surface area (Å²) in [5, 5.41) is 8.54. The van der Waals surface area contributed by atoms with Gasteiger partial charge in [-0.15, -0.1) is 0 Å². The number of hydrogen-bond acceptors (Lipinski definition) is 2. The average Bonchev–Trinajstić information content (AvgIpc) is 2.64. The molecule has 84 valence electrons. The highest BCUT2D eigenvalue weighted by Gasteiger charge is 2.03. The lowest BCUT2D eigenvalue weighted by atomic mass is 10.1. The van der Waals surface area contributed by atoms with Gasteiger partial charge in [-0.1, -0.05) is 13.8 Å². The Kier molecular flexibility index (Phi) is 4.07. The van der Waals surface area contributed by atoms with Crippen LogP contribution in [0.3, 0.4) is 0 Å². The van der Waals surface area contributed by atoms with Crippen molar-refractivity contribution in [2.75, 3.05) is 0 Å². The number of fused-ring (bicyclic) bond motifs is 1. The van der Waals surface area contributed by atoms with Gasteiger partial charge in [0.2, 0.25) is 0 Å². The molecule has 0 fully saturated rings. The van der Waals surface area contributed by atoms with Crippen LogP contribution in [0.5, 0.6) is 0 Å². The van der Waals surface area contributed by atoms with E-state index < -0.39 is 0 Å². The van der Waals surface area contributed by atoms with E-state index in [1.165, 1.54) is 11.1 Å². The van der Waals surface area contributed by atoms with Gasteiger partial charge in [0, 0.05) is 0 Å². The zero-order valence-electron chi connectivity index (χ0n) is 10.3. The number of imidazole rings is 1. The molecule has 3 heteroatoms. The first-order valence-corrected chi connectivity index (χ1v) is 5.53. The molecular weight excluding hydrogens is 198 g/mol. The molecule has 0 bridgehead atoms. The summed E-state index contributed by atoms with van der Waals surface area (Å²) in [6.07, 6.45) is 0.340. The fourth-order valence-electron chi connectivity index (χ4n) is 1.48. The highest BCUT2D eigenvalue weighted by molar-refractivity contribution is 5.77. The van der Waals surface area contributed by atoms with E-state index in [9.17, 15) is 0 Å². The van der Waals surface area contributed by atoms with Crippen LogP contribution < -0.4 is 0 Å². The number of H-pyrrole nitrogens is 1. The molecule has 1 aromatic carbocycles. The monoisotopic (exact) mass is 215 g/mol. The number of aromatic nitrogens is 2. The van der Waals surface area contributed by atoms with Crippen molar-refractivity contribution >= 4 is 11.0 Å². The first-order chi connectivity index (χ1) is 7.70. The first kappa shape index (κ1) is 12.3. The van der Waals surface area contributed by atoms with Crippen LogP contribution >= 0.6 is 0 Å². The molecular formula is C13H17N3. The topological polar surface area (TPSA) is 52.5 Å². The predicted octanol–water partition coefficient (Wildman–Crippen LogP) is 3.27. The molecule has 1 aromatic heterocycles. The lowest BCUT2D eigenvalue weighted by molar-refractivity contribution is 1.08. The SMILES string of the molecule is CC.Cc1cc2nc(CC#N)[nH]c2cc1C. The van der Waals surface area contributed by atoms with Crippen molar-refractivity contribution in [1.82, 2.24) is 9.97 Å². The van der Waals surface area contributed by atoms with E-state index in [-0.39, 0.29) is 0 Å². The fraction of sp³-hybridized carbons (Fsp3) is 0.385. The van der Waals surface area contributed by atoms with E-state index in [1.54, 1.807) is 0 Å². The van der Waals surface area contributed by atoms with Crippen LogP contribution in [0, 0.1) is 25.2 Å². The minimum atomic E-state index is 0.340. The molecule has 0 aliphatic heterocycles. The maximum Gasteiger partial charge on any atom is 0.121 e. The molecule has 0 saturated heterocycles. The third-order valence-corrected chi connectivity index (χ3v) is 2.39. The second-order valence-electron chi connectivity index (χ2n) is 3.47. The Labute approximate surface area is 96.1 Å². The minimum Gasteiger partial charge on any atom is -0.341 e. The molecule has 16 heavy (non-hydrogen) atoms.